The first-order valence-corrected chi connectivity index (χ1v) is 4.35. The second-order valence-electron chi connectivity index (χ2n) is 2.30. The van der Waals surface area contributed by atoms with Gasteiger partial charge in [-0.05, 0) is 5.56 Å². The Balaban J connectivity index is 3.24. The molecule has 1 nitrogen and oxygen atoms in total. The second kappa shape index (κ2) is 3.61. The summed E-state index contributed by atoms with van der Waals surface area (Å²) in [5.41, 5.74) is -1.06. The SMILES string of the molecule is Fc1cc(C(F)(F)F)c(CBr)cn1. The second-order valence-corrected chi connectivity index (χ2v) is 2.86. The Morgan fingerprint density at radius 1 is 1.38 bits per heavy atom. The maximum Gasteiger partial charge on any atom is 0.416 e. The van der Waals surface area contributed by atoms with Crippen LogP contribution in [0.25, 0.3) is 0 Å². The summed E-state index contributed by atoms with van der Waals surface area (Å²) in [5, 5.41) is -0.00484. The highest BCUT2D eigenvalue weighted by Gasteiger charge is 2.33. The van der Waals surface area contributed by atoms with E-state index in [9.17, 15) is 17.6 Å². The fourth-order valence-corrected chi connectivity index (χ4v) is 1.28. The highest BCUT2D eigenvalue weighted by molar-refractivity contribution is 9.08. The molecule has 0 N–H and O–H groups in total. The average Bonchev–Trinajstić information content (AvgIpc) is 2.03. The van der Waals surface area contributed by atoms with Gasteiger partial charge in [0.15, 0.2) is 0 Å². The monoisotopic (exact) mass is 257 g/mol. The van der Waals surface area contributed by atoms with Crippen LogP contribution in [0.3, 0.4) is 0 Å². The molecule has 0 aromatic carbocycles. The van der Waals surface area contributed by atoms with Gasteiger partial charge in [-0.3, -0.25) is 0 Å². The molecule has 1 aromatic rings. The van der Waals surface area contributed by atoms with E-state index in [1.54, 1.807) is 0 Å². The van der Waals surface area contributed by atoms with E-state index in [1.807, 2.05) is 0 Å². The molecule has 0 atom stereocenters. The molecule has 1 aromatic heterocycles. The molecule has 0 aliphatic heterocycles. The van der Waals surface area contributed by atoms with Crippen molar-refractivity contribution in [2.24, 2.45) is 0 Å². The summed E-state index contributed by atoms with van der Waals surface area (Å²) in [5.74, 6) is -1.13. The minimum atomic E-state index is -4.53. The summed E-state index contributed by atoms with van der Waals surface area (Å²) in [6.07, 6.45) is -3.67. The summed E-state index contributed by atoms with van der Waals surface area (Å²) in [4.78, 5) is 3.13. The van der Waals surface area contributed by atoms with Crippen molar-refractivity contribution in [2.45, 2.75) is 11.5 Å². The minimum Gasteiger partial charge on any atom is -0.228 e. The van der Waals surface area contributed by atoms with Gasteiger partial charge in [0.2, 0.25) is 5.95 Å². The number of hydrogen-bond donors (Lipinski definition) is 0. The van der Waals surface area contributed by atoms with Gasteiger partial charge < -0.3 is 0 Å². The number of rotatable bonds is 1. The van der Waals surface area contributed by atoms with Crippen molar-refractivity contribution in [2.75, 3.05) is 0 Å². The zero-order valence-electron chi connectivity index (χ0n) is 6.20. The van der Waals surface area contributed by atoms with Gasteiger partial charge in [0.1, 0.15) is 0 Å². The van der Waals surface area contributed by atoms with Gasteiger partial charge in [-0.15, -0.1) is 0 Å². The molecule has 0 radical (unpaired) electrons. The van der Waals surface area contributed by atoms with E-state index in [4.69, 9.17) is 0 Å². The molecule has 0 saturated heterocycles. The molecule has 0 saturated carbocycles. The molecule has 6 heteroatoms. The van der Waals surface area contributed by atoms with Crippen LogP contribution in [0.4, 0.5) is 17.6 Å². The molecule has 0 amide bonds. The Morgan fingerprint density at radius 3 is 2.46 bits per heavy atom. The summed E-state index contributed by atoms with van der Waals surface area (Å²) in [6.45, 7) is 0. The van der Waals surface area contributed by atoms with Crippen LogP contribution in [-0.4, -0.2) is 4.98 Å². The maximum atomic E-state index is 12.4. The predicted octanol–water partition coefficient (Wildman–Crippen LogP) is 3.13. The number of alkyl halides is 4. The van der Waals surface area contributed by atoms with E-state index < -0.39 is 17.7 Å². The highest BCUT2D eigenvalue weighted by Crippen LogP contribution is 2.32. The van der Waals surface area contributed by atoms with Crippen LogP contribution >= 0.6 is 15.9 Å². The van der Waals surface area contributed by atoms with Crippen molar-refractivity contribution >= 4 is 15.9 Å². The quantitative estimate of drug-likeness (QED) is 0.428. The van der Waals surface area contributed by atoms with Crippen LogP contribution in [0.1, 0.15) is 11.1 Å². The van der Waals surface area contributed by atoms with E-state index in [2.05, 4.69) is 20.9 Å². The lowest BCUT2D eigenvalue weighted by molar-refractivity contribution is -0.138. The average molecular weight is 258 g/mol. The summed E-state index contributed by atoms with van der Waals surface area (Å²) in [7, 11) is 0. The van der Waals surface area contributed by atoms with Gasteiger partial charge in [0.25, 0.3) is 0 Å². The van der Waals surface area contributed by atoms with Gasteiger partial charge in [0, 0.05) is 17.6 Å². The first kappa shape index (κ1) is 10.4. The third kappa shape index (κ3) is 2.40. The van der Waals surface area contributed by atoms with Crippen molar-refractivity contribution in [1.29, 1.82) is 0 Å². The summed E-state index contributed by atoms with van der Waals surface area (Å²) >= 11 is 2.86. The molecule has 0 aliphatic carbocycles. The van der Waals surface area contributed by atoms with Crippen LogP contribution in [0.5, 0.6) is 0 Å². The van der Waals surface area contributed by atoms with E-state index in [1.165, 1.54) is 0 Å². The maximum absolute atomic E-state index is 12.4. The molecule has 0 spiro atoms. The van der Waals surface area contributed by atoms with Crippen LogP contribution in [-0.2, 0) is 11.5 Å². The van der Waals surface area contributed by atoms with E-state index in [0.717, 1.165) is 6.20 Å². The highest BCUT2D eigenvalue weighted by atomic mass is 79.9. The lowest BCUT2D eigenvalue weighted by atomic mass is 10.1. The van der Waals surface area contributed by atoms with Crippen molar-refractivity contribution < 1.29 is 17.6 Å². The van der Waals surface area contributed by atoms with Gasteiger partial charge in [-0.1, -0.05) is 15.9 Å². The lowest BCUT2D eigenvalue weighted by Gasteiger charge is -2.09. The molecule has 0 bridgehead atoms. The fourth-order valence-electron chi connectivity index (χ4n) is 0.829. The Bertz CT molecular complexity index is 310. The number of nitrogens with zero attached hydrogens (tertiary/aromatic N) is 1. The topological polar surface area (TPSA) is 12.9 Å². The Labute approximate surface area is 79.9 Å². The van der Waals surface area contributed by atoms with Crippen molar-refractivity contribution in [1.82, 2.24) is 4.98 Å². The molecule has 0 aliphatic rings. The van der Waals surface area contributed by atoms with Crippen molar-refractivity contribution in [3.63, 3.8) is 0 Å². The van der Waals surface area contributed by atoms with Crippen molar-refractivity contribution in [3.05, 3.63) is 29.3 Å². The molecule has 72 valence electrons. The molecule has 0 fully saturated rings. The molecule has 1 rings (SSSR count). The number of pyridine rings is 1. The molecular weight excluding hydrogens is 254 g/mol. The molecular formula is C7H4BrF4N. The van der Waals surface area contributed by atoms with Crippen LogP contribution in [0, 0.1) is 5.95 Å². The van der Waals surface area contributed by atoms with Crippen LogP contribution in [0.2, 0.25) is 0 Å². The first-order valence-electron chi connectivity index (χ1n) is 3.22. The zero-order valence-corrected chi connectivity index (χ0v) is 7.78. The van der Waals surface area contributed by atoms with E-state index in [-0.39, 0.29) is 10.9 Å². The van der Waals surface area contributed by atoms with Crippen LogP contribution < -0.4 is 0 Å². The number of hydrogen-bond acceptors (Lipinski definition) is 1. The van der Waals surface area contributed by atoms with E-state index >= 15 is 0 Å². The van der Waals surface area contributed by atoms with Gasteiger partial charge >= 0.3 is 6.18 Å². The lowest BCUT2D eigenvalue weighted by Crippen LogP contribution is -2.09. The third-order valence-corrected chi connectivity index (χ3v) is 2.01. The Hall–Kier alpha value is -0.650. The van der Waals surface area contributed by atoms with Gasteiger partial charge in [-0.25, -0.2) is 4.98 Å². The minimum absolute atomic E-state index is 0.00484. The summed E-state index contributed by atoms with van der Waals surface area (Å²) in [6, 6.07) is 0.386. The number of aromatic nitrogens is 1. The van der Waals surface area contributed by atoms with E-state index in [0.29, 0.717) is 6.07 Å². The van der Waals surface area contributed by atoms with Gasteiger partial charge in [0.05, 0.1) is 5.56 Å². The van der Waals surface area contributed by atoms with Crippen molar-refractivity contribution in [3.8, 4) is 0 Å². The summed E-state index contributed by atoms with van der Waals surface area (Å²) < 4.78 is 49.0. The number of halogens is 5. The fraction of sp³-hybridized carbons (Fsp3) is 0.286. The zero-order chi connectivity index (χ0) is 10.1. The first-order chi connectivity index (χ1) is 5.95. The smallest absolute Gasteiger partial charge is 0.228 e. The standard InChI is InChI=1S/C7H4BrF4N/c8-2-4-3-13-6(9)1-5(4)7(10,11)12/h1,3H,2H2. The Kier molecular flexibility index (Phi) is 2.90. The molecule has 0 unspecified atom stereocenters. The Morgan fingerprint density at radius 2 is 2.00 bits per heavy atom. The normalized spacial score (nSPS) is 11.8. The molecule has 1 heterocycles. The largest absolute Gasteiger partial charge is 0.416 e. The molecule has 13 heavy (non-hydrogen) atoms. The third-order valence-electron chi connectivity index (χ3n) is 1.40. The predicted molar refractivity (Wildman–Crippen MR) is 41.8 cm³/mol. The van der Waals surface area contributed by atoms with Gasteiger partial charge in [-0.2, -0.15) is 17.6 Å². The van der Waals surface area contributed by atoms with Crippen LogP contribution in [0.15, 0.2) is 12.3 Å².